The summed E-state index contributed by atoms with van der Waals surface area (Å²) in [5.74, 6) is -0.460. The number of rotatable bonds is 7. The molecule has 1 saturated heterocycles. The topological polar surface area (TPSA) is 87.7 Å². The first-order chi connectivity index (χ1) is 14.0. The number of anilines is 1. The van der Waals surface area contributed by atoms with E-state index in [0.717, 1.165) is 0 Å². The van der Waals surface area contributed by atoms with Gasteiger partial charge in [0.05, 0.1) is 18.7 Å². The molecule has 3 amide bonds. The molecule has 0 bridgehead atoms. The average molecular weight is 416 g/mol. The highest BCUT2D eigenvalue weighted by Crippen LogP contribution is 2.32. The first-order valence-corrected chi connectivity index (χ1v) is 9.62. The van der Waals surface area contributed by atoms with Gasteiger partial charge in [-0.15, -0.1) is 0 Å². The number of hydrogen-bond donors (Lipinski definition) is 2. The Morgan fingerprint density at radius 1 is 1.14 bits per heavy atom. The van der Waals surface area contributed by atoms with Crippen LogP contribution in [0.3, 0.4) is 0 Å². The second-order valence-electron chi connectivity index (χ2n) is 6.63. The Bertz CT molecular complexity index is 918. The van der Waals surface area contributed by atoms with Crippen molar-refractivity contribution in [1.82, 2.24) is 10.6 Å². The Hall–Kier alpha value is -3.06. The van der Waals surface area contributed by atoms with E-state index in [-0.39, 0.29) is 37.2 Å². The van der Waals surface area contributed by atoms with Crippen molar-refractivity contribution in [1.29, 1.82) is 0 Å². The van der Waals surface area contributed by atoms with E-state index in [9.17, 15) is 14.4 Å². The molecule has 0 spiro atoms. The smallest absolute Gasteiger partial charge is 0.251 e. The molecule has 0 radical (unpaired) electrons. The highest BCUT2D eigenvalue weighted by atomic mass is 35.5. The van der Waals surface area contributed by atoms with E-state index in [0.29, 0.717) is 28.6 Å². The summed E-state index contributed by atoms with van der Waals surface area (Å²) >= 11 is 5.88. The SMILES string of the molecule is COc1ccccc1N1C[C@H](C(=O)NCCNC(=O)c2cccc(Cl)c2)CC1=O. The summed E-state index contributed by atoms with van der Waals surface area (Å²) < 4.78 is 5.30. The third kappa shape index (κ3) is 5.06. The van der Waals surface area contributed by atoms with Gasteiger partial charge in [-0.3, -0.25) is 14.4 Å². The number of benzene rings is 2. The van der Waals surface area contributed by atoms with Crippen molar-refractivity contribution in [3.8, 4) is 5.75 Å². The standard InChI is InChI=1S/C21H22ClN3O4/c1-29-18-8-3-2-7-17(18)25-13-15(12-19(25)26)21(28)24-10-9-23-20(27)14-5-4-6-16(22)11-14/h2-8,11,15H,9-10,12-13H2,1H3,(H,23,27)(H,24,28)/t15-/m1/s1. The van der Waals surface area contributed by atoms with Gasteiger partial charge in [0.25, 0.3) is 5.91 Å². The van der Waals surface area contributed by atoms with Gasteiger partial charge in [-0.1, -0.05) is 29.8 Å². The van der Waals surface area contributed by atoms with E-state index in [1.54, 1.807) is 48.4 Å². The highest BCUT2D eigenvalue weighted by Gasteiger charge is 2.36. The number of ether oxygens (including phenoxy) is 1. The fourth-order valence-corrected chi connectivity index (χ4v) is 3.40. The molecule has 7 nitrogen and oxygen atoms in total. The maximum Gasteiger partial charge on any atom is 0.251 e. The molecule has 1 aliphatic heterocycles. The van der Waals surface area contributed by atoms with Gasteiger partial charge in [0.2, 0.25) is 11.8 Å². The summed E-state index contributed by atoms with van der Waals surface area (Å²) in [7, 11) is 1.54. The number of nitrogens with zero attached hydrogens (tertiary/aromatic N) is 1. The number of methoxy groups -OCH3 is 1. The Morgan fingerprint density at radius 2 is 1.90 bits per heavy atom. The maximum atomic E-state index is 12.4. The van der Waals surface area contributed by atoms with Gasteiger partial charge in [-0.05, 0) is 30.3 Å². The number of hydrogen-bond acceptors (Lipinski definition) is 4. The Kier molecular flexibility index (Phi) is 6.72. The zero-order valence-electron chi connectivity index (χ0n) is 16.0. The van der Waals surface area contributed by atoms with E-state index in [4.69, 9.17) is 16.3 Å². The zero-order valence-corrected chi connectivity index (χ0v) is 16.7. The van der Waals surface area contributed by atoms with Crippen LogP contribution in [-0.2, 0) is 9.59 Å². The highest BCUT2D eigenvalue weighted by molar-refractivity contribution is 6.30. The van der Waals surface area contributed by atoms with E-state index in [2.05, 4.69) is 10.6 Å². The number of halogens is 1. The normalized spacial score (nSPS) is 15.9. The van der Waals surface area contributed by atoms with Crippen molar-refractivity contribution in [2.75, 3.05) is 31.6 Å². The van der Waals surface area contributed by atoms with Gasteiger partial charge in [0.15, 0.2) is 0 Å². The Morgan fingerprint density at radius 3 is 2.66 bits per heavy atom. The van der Waals surface area contributed by atoms with Gasteiger partial charge < -0.3 is 20.3 Å². The predicted molar refractivity (Wildman–Crippen MR) is 110 cm³/mol. The lowest BCUT2D eigenvalue weighted by Crippen LogP contribution is -2.38. The van der Waals surface area contributed by atoms with Crippen molar-refractivity contribution in [2.24, 2.45) is 5.92 Å². The van der Waals surface area contributed by atoms with Crippen molar-refractivity contribution < 1.29 is 19.1 Å². The zero-order chi connectivity index (χ0) is 20.8. The fourth-order valence-electron chi connectivity index (χ4n) is 3.21. The maximum absolute atomic E-state index is 12.4. The number of amides is 3. The minimum Gasteiger partial charge on any atom is -0.495 e. The summed E-state index contributed by atoms with van der Waals surface area (Å²) in [5, 5.41) is 5.98. The molecule has 2 N–H and O–H groups in total. The van der Waals surface area contributed by atoms with Crippen LogP contribution in [0.15, 0.2) is 48.5 Å². The molecule has 1 heterocycles. The summed E-state index contributed by atoms with van der Waals surface area (Å²) in [6, 6.07) is 13.8. The van der Waals surface area contributed by atoms with Crippen LogP contribution in [-0.4, -0.2) is 44.5 Å². The lowest BCUT2D eigenvalue weighted by molar-refractivity contribution is -0.126. The largest absolute Gasteiger partial charge is 0.495 e. The van der Waals surface area contributed by atoms with Crippen LogP contribution in [0.2, 0.25) is 5.02 Å². The van der Waals surface area contributed by atoms with E-state index in [1.807, 2.05) is 12.1 Å². The molecule has 3 rings (SSSR count). The Balaban J connectivity index is 1.48. The lowest BCUT2D eigenvalue weighted by atomic mass is 10.1. The number of carbonyl (C=O) groups excluding carboxylic acids is 3. The van der Waals surface area contributed by atoms with E-state index >= 15 is 0 Å². The molecule has 0 aromatic heterocycles. The molecule has 2 aromatic rings. The quantitative estimate of drug-likeness (QED) is 0.679. The molecule has 1 fully saturated rings. The monoisotopic (exact) mass is 415 g/mol. The van der Waals surface area contributed by atoms with Crippen molar-refractivity contribution in [3.05, 3.63) is 59.1 Å². The molecular formula is C21H22ClN3O4. The minimum absolute atomic E-state index is 0.121. The van der Waals surface area contributed by atoms with Crippen LogP contribution in [0.1, 0.15) is 16.8 Å². The molecule has 1 atom stereocenters. The molecule has 8 heteroatoms. The molecule has 0 aliphatic carbocycles. The van der Waals surface area contributed by atoms with Crippen LogP contribution in [0.4, 0.5) is 5.69 Å². The second kappa shape index (κ2) is 9.43. The molecule has 152 valence electrons. The van der Waals surface area contributed by atoms with Gasteiger partial charge in [0, 0.05) is 36.6 Å². The third-order valence-corrected chi connectivity index (χ3v) is 4.90. The molecule has 1 aliphatic rings. The molecule has 0 saturated carbocycles. The van der Waals surface area contributed by atoms with E-state index in [1.165, 1.54) is 0 Å². The second-order valence-corrected chi connectivity index (χ2v) is 7.07. The first-order valence-electron chi connectivity index (χ1n) is 9.24. The van der Waals surface area contributed by atoms with Gasteiger partial charge in [0.1, 0.15) is 5.75 Å². The number of nitrogens with one attached hydrogen (secondary N) is 2. The third-order valence-electron chi connectivity index (χ3n) is 4.67. The molecule has 2 aromatic carbocycles. The van der Waals surface area contributed by atoms with Crippen molar-refractivity contribution in [2.45, 2.75) is 6.42 Å². The fraction of sp³-hybridized carbons (Fsp3) is 0.286. The summed E-state index contributed by atoms with van der Waals surface area (Å²) in [6.45, 7) is 0.832. The van der Waals surface area contributed by atoms with Gasteiger partial charge >= 0.3 is 0 Å². The summed E-state index contributed by atoms with van der Waals surface area (Å²) in [5.41, 5.74) is 1.11. The molecule has 0 unspecified atom stereocenters. The van der Waals surface area contributed by atoms with Crippen LogP contribution in [0, 0.1) is 5.92 Å². The average Bonchev–Trinajstić information content (AvgIpc) is 3.12. The number of para-hydroxylation sites is 2. The van der Waals surface area contributed by atoms with Crippen LogP contribution >= 0.6 is 11.6 Å². The minimum atomic E-state index is -0.448. The van der Waals surface area contributed by atoms with Crippen LogP contribution in [0.5, 0.6) is 5.75 Å². The van der Waals surface area contributed by atoms with Gasteiger partial charge in [-0.2, -0.15) is 0 Å². The Labute approximate surface area is 174 Å². The van der Waals surface area contributed by atoms with Crippen LogP contribution in [0.25, 0.3) is 0 Å². The van der Waals surface area contributed by atoms with Crippen molar-refractivity contribution in [3.63, 3.8) is 0 Å². The summed E-state index contributed by atoms with van der Waals surface area (Å²) in [4.78, 5) is 38.4. The van der Waals surface area contributed by atoms with Crippen molar-refractivity contribution >= 4 is 35.0 Å². The predicted octanol–water partition coefficient (Wildman–Crippen LogP) is 2.25. The number of carbonyl (C=O) groups is 3. The molecular weight excluding hydrogens is 394 g/mol. The van der Waals surface area contributed by atoms with Crippen LogP contribution < -0.4 is 20.3 Å². The summed E-state index contributed by atoms with van der Waals surface area (Å²) in [6.07, 6.45) is 0.138. The molecule has 29 heavy (non-hydrogen) atoms. The first kappa shape index (κ1) is 20.7. The lowest BCUT2D eigenvalue weighted by Gasteiger charge is -2.19. The van der Waals surface area contributed by atoms with Gasteiger partial charge in [-0.25, -0.2) is 0 Å². The van der Waals surface area contributed by atoms with E-state index < -0.39 is 5.92 Å².